The molecule has 0 bridgehead atoms. The maximum Gasteiger partial charge on any atom is 0.289 e. The van der Waals surface area contributed by atoms with Gasteiger partial charge in [-0.25, -0.2) is 0 Å². The Balaban J connectivity index is 1.79. The Morgan fingerprint density at radius 3 is 2.67 bits per heavy atom. The van der Waals surface area contributed by atoms with Gasteiger partial charge in [0.15, 0.2) is 6.29 Å². The van der Waals surface area contributed by atoms with Crippen LogP contribution in [0.4, 0.5) is 0 Å². The van der Waals surface area contributed by atoms with Crippen molar-refractivity contribution in [1.82, 2.24) is 0 Å². The quantitative estimate of drug-likeness (QED) is 0.787. The topological polar surface area (TPSA) is 35.5 Å². The lowest BCUT2D eigenvalue weighted by Gasteiger charge is -2.24. The SMILES string of the molecule is O=c1sc2c(s1)SC(C1OCCO1)CS2. The van der Waals surface area contributed by atoms with Crippen molar-refractivity contribution in [2.24, 2.45) is 0 Å². The summed E-state index contributed by atoms with van der Waals surface area (Å²) in [5, 5.41) is 0.329. The van der Waals surface area contributed by atoms with Crippen molar-refractivity contribution in [3.8, 4) is 0 Å². The van der Waals surface area contributed by atoms with Crippen molar-refractivity contribution in [1.29, 1.82) is 0 Å². The van der Waals surface area contributed by atoms with Crippen molar-refractivity contribution < 1.29 is 9.47 Å². The average molecular weight is 280 g/mol. The predicted molar refractivity (Wildman–Crippen MR) is 64.5 cm³/mol. The fourth-order valence-corrected chi connectivity index (χ4v) is 7.23. The molecule has 3 rings (SSSR count). The van der Waals surface area contributed by atoms with E-state index in [4.69, 9.17) is 9.47 Å². The first-order valence-corrected chi connectivity index (χ1v) is 7.99. The Kier molecular flexibility index (Phi) is 3.10. The molecule has 2 aliphatic heterocycles. The lowest BCUT2D eigenvalue weighted by molar-refractivity contribution is -0.0378. The van der Waals surface area contributed by atoms with Crippen LogP contribution in [0.15, 0.2) is 13.2 Å². The van der Waals surface area contributed by atoms with E-state index in [1.807, 2.05) is 0 Å². The largest absolute Gasteiger partial charge is 0.349 e. The summed E-state index contributed by atoms with van der Waals surface area (Å²) in [6.07, 6.45) is -0.0853. The van der Waals surface area contributed by atoms with E-state index in [-0.39, 0.29) is 10.3 Å². The van der Waals surface area contributed by atoms with Crippen molar-refractivity contribution in [3.05, 3.63) is 8.85 Å². The van der Waals surface area contributed by atoms with Crippen LogP contribution in [0.3, 0.4) is 0 Å². The number of ether oxygens (including phenoxy) is 2. The van der Waals surface area contributed by atoms with E-state index in [0.717, 1.165) is 9.96 Å². The number of rotatable bonds is 1. The van der Waals surface area contributed by atoms with Crippen LogP contribution in [0.2, 0.25) is 0 Å². The van der Waals surface area contributed by atoms with Crippen LogP contribution < -0.4 is 4.06 Å². The molecule has 0 N–H and O–H groups in total. The summed E-state index contributed by atoms with van der Waals surface area (Å²) in [4.78, 5) is 11.2. The minimum absolute atomic E-state index is 0.0853. The van der Waals surface area contributed by atoms with Gasteiger partial charge in [0.1, 0.15) is 0 Å². The van der Waals surface area contributed by atoms with Gasteiger partial charge in [0.05, 0.1) is 26.9 Å². The lowest BCUT2D eigenvalue weighted by atomic mass is 10.4. The first-order chi connectivity index (χ1) is 7.33. The first kappa shape index (κ1) is 10.6. The number of thioether (sulfide) groups is 2. The minimum atomic E-state index is -0.0853. The van der Waals surface area contributed by atoms with Crippen molar-refractivity contribution in [3.63, 3.8) is 0 Å². The average Bonchev–Trinajstić information content (AvgIpc) is 2.82. The van der Waals surface area contributed by atoms with Crippen molar-refractivity contribution in [2.75, 3.05) is 19.0 Å². The predicted octanol–water partition coefficient (Wildman–Crippen LogP) is 2.11. The number of hydrogen-bond acceptors (Lipinski definition) is 7. The van der Waals surface area contributed by atoms with Crippen LogP contribution in [0, 0.1) is 0 Å². The van der Waals surface area contributed by atoms with Gasteiger partial charge in [0.25, 0.3) is 4.06 Å². The lowest BCUT2D eigenvalue weighted by Crippen LogP contribution is -2.27. The molecule has 0 spiro atoms. The van der Waals surface area contributed by atoms with E-state index in [9.17, 15) is 4.79 Å². The molecule has 3 nitrogen and oxygen atoms in total. The first-order valence-electron chi connectivity index (χ1n) is 4.49. The molecule has 1 aromatic heterocycles. The van der Waals surface area contributed by atoms with E-state index in [1.54, 1.807) is 23.5 Å². The van der Waals surface area contributed by atoms with Crippen LogP contribution in [0.1, 0.15) is 0 Å². The Labute approximate surface area is 103 Å². The van der Waals surface area contributed by atoms with Crippen LogP contribution in [0.25, 0.3) is 0 Å². The molecule has 1 saturated heterocycles. The standard InChI is InChI=1S/C8H8O3S4/c9-8-14-6-7(15-8)13-4(3-12-6)5-10-1-2-11-5/h4-5H,1-3H2. The summed E-state index contributed by atoms with van der Waals surface area (Å²) in [7, 11) is 0. The zero-order chi connectivity index (χ0) is 10.3. The van der Waals surface area contributed by atoms with Gasteiger partial charge < -0.3 is 9.47 Å². The Bertz CT molecular complexity index is 406. The minimum Gasteiger partial charge on any atom is -0.349 e. The third-order valence-electron chi connectivity index (χ3n) is 2.11. The monoisotopic (exact) mass is 280 g/mol. The maximum atomic E-state index is 11.2. The van der Waals surface area contributed by atoms with Gasteiger partial charge in [-0.2, -0.15) is 0 Å². The molecule has 15 heavy (non-hydrogen) atoms. The zero-order valence-corrected chi connectivity index (χ0v) is 10.9. The Morgan fingerprint density at radius 1 is 1.13 bits per heavy atom. The third kappa shape index (κ3) is 2.13. The van der Waals surface area contributed by atoms with E-state index in [2.05, 4.69) is 0 Å². The van der Waals surface area contributed by atoms with Gasteiger partial charge >= 0.3 is 0 Å². The summed E-state index contributed by atoms with van der Waals surface area (Å²) in [5.41, 5.74) is 0. The summed E-state index contributed by atoms with van der Waals surface area (Å²) in [6.45, 7) is 1.39. The van der Waals surface area contributed by atoms with Gasteiger partial charge in [-0.3, -0.25) is 4.79 Å². The van der Waals surface area contributed by atoms with Crippen LogP contribution in [-0.2, 0) is 9.47 Å². The molecule has 3 heterocycles. The molecule has 1 aromatic rings. The highest BCUT2D eigenvalue weighted by Crippen LogP contribution is 2.46. The second kappa shape index (κ2) is 4.38. The summed E-state index contributed by atoms with van der Waals surface area (Å²) in [6, 6.07) is 0. The summed E-state index contributed by atoms with van der Waals surface area (Å²) < 4.78 is 13.5. The molecule has 0 aromatic carbocycles. The van der Waals surface area contributed by atoms with E-state index >= 15 is 0 Å². The molecule has 0 saturated carbocycles. The van der Waals surface area contributed by atoms with E-state index < -0.39 is 0 Å². The van der Waals surface area contributed by atoms with Gasteiger partial charge in [0.2, 0.25) is 0 Å². The van der Waals surface area contributed by atoms with E-state index in [1.165, 1.54) is 26.9 Å². The van der Waals surface area contributed by atoms with Crippen molar-refractivity contribution >= 4 is 46.2 Å². The Hall–Kier alpha value is 0.470. The molecule has 0 radical (unpaired) electrons. The molecule has 1 fully saturated rings. The Morgan fingerprint density at radius 2 is 1.87 bits per heavy atom. The molecule has 1 atom stereocenters. The van der Waals surface area contributed by atoms with Gasteiger partial charge in [-0.1, -0.05) is 22.7 Å². The van der Waals surface area contributed by atoms with Crippen LogP contribution >= 0.6 is 46.2 Å². The maximum absolute atomic E-state index is 11.2. The van der Waals surface area contributed by atoms with Gasteiger partial charge in [-0.05, 0) is 0 Å². The number of hydrogen-bond donors (Lipinski definition) is 0. The second-order valence-electron chi connectivity index (χ2n) is 3.11. The van der Waals surface area contributed by atoms with Gasteiger partial charge in [-0.15, -0.1) is 23.5 Å². The molecule has 7 heteroatoms. The van der Waals surface area contributed by atoms with Crippen molar-refractivity contribution in [2.45, 2.75) is 20.0 Å². The molecule has 2 aliphatic rings. The fraction of sp³-hybridized carbons (Fsp3) is 0.625. The smallest absolute Gasteiger partial charge is 0.289 e. The normalized spacial score (nSPS) is 26.8. The summed E-state index contributed by atoms with van der Waals surface area (Å²) >= 11 is 6.19. The molecule has 1 unspecified atom stereocenters. The van der Waals surface area contributed by atoms with Gasteiger partial charge in [0, 0.05) is 5.75 Å². The second-order valence-corrected chi connectivity index (χ2v) is 8.13. The van der Waals surface area contributed by atoms with Crippen LogP contribution in [-0.4, -0.2) is 30.5 Å². The molecule has 82 valence electrons. The third-order valence-corrected chi connectivity index (χ3v) is 7.69. The highest BCUT2D eigenvalue weighted by atomic mass is 32.2. The molecule has 0 amide bonds. The summed E-state index contributed by atoms with van der Waals surface area (Å²) in [5.74, 6) is 0.967. The van der Waals surface area contributed by atoms with E-state index in [0.29, 0.717) is 18.5 Å². The highest BCUT2D eigenvalue weighted by Gasteiger charge is 2.32. The number of fused-ring (bicyclic) bond motifs is 1. The highest BCUT2D eigenvalue weighted by molar-refractivity contribution is 8.08. The molecular weight excluding hydrogens is 272 g/mol. The molecular formula is C8H8O3S4. The van der Waals surface area contributed by atoms with Crippen LogP contribution in [0.5, 0.6) is 0 Å². The zero-order valence-electron chi connectivity index (χ0n) is 7.63. The fourth-order valence-electron chi connectivity index (χ4n) is 1.47. The molecule has 0 aliphatic carbocycles.